The Balaban J connectivity index is 1.48. The highest BCUT2D eigenvalue weighted by Gasteiger charge is 2.35. The van der Waals surface area contributed by atoms with Crippen LogP contribution in [0, 0.1) is 0 Å². The number of nitrogens with zero attached hydrogens (tertiary/aromatic N) is 2. The average molecular weight is 633 g/mol. The maximum atomic E-state index is 14.2. The molecule has 0 amide bonds. The van der Waals surface area contributed by atoms with E-state index >= 15 is 0 Å². The van der Waals surface area contributed by atoms with Gasteiger partial charge in [0.05, 0.1) is 42.7 Å². The van der Waals surface area contributed by atoms with Crippen LogP contribution in [0.5, 0.6) is 17.2 Å². The average Bonchev–Trinajstić information content (AvgIpc) is 3.41. The van der Waals surface area contributed by atoms with Gasteiger partial charge in [0.2, 0.25) is 0 Å². The van der Waals surface area contributed by atoms with Gasteiger partial charge in [0.1, 0.15) is 12.4 Å². The van der Waals surface area contributed by atoms with Gasteiger partial charge in [-0.2, -0.15) is 0 Å². The first kappa shape index (κ1) is 30.6. The van der Waals surface area contributed by atoms with E-state index in [4.69, 9.17) is 23.9 Å². The molecule has 8 nitrogen and oxygen atoms in total. The predicted octanol–water partition coefficient (Wildman–Crippen LogP) is 5.53. The van der Waals surface area contributed by atoms with Crippen LogP contribution in [0.1, 0.15) is 35.2 Å². The van der Waals surface area contributed by atoms with Gasteiger partial charge in [-0.25, -0.2) is 9.79 Å². The fraction of sp³-hybridized carbons (Fsp3) is 0.162. The molecule has 1 atom stereocenters. The first-order valence-corrected chi connectivity index (χ1v) is 15.6. The first-order valence-electron chi connectivity index (χ1n) is 14.8. The summed E-state index contributed by atoms with van der Waals surface area (Å²) in [5, 5.41) is 0. The van der Waals surface area contributed by atoms with Crippen LogP contribution in [0.15, 0.2) is 118 Å². The van der Waals surface area contributed by atoms with E-state index in [2.05, 4.69) is 0 Å². The van der Waals surface area contributed by atoms with Crippen molar-refractivity contribution >= 4 is 29.1 Å². The Labute approximate surface area is 270 Å². The molecule has 5 aromatic rings. The summed E-state index contributed by atoms with van der Waals surface area (Å²) in [6, 6.07) is 31.4. The largest absolute Gasteiger partial charge is 0.497 e. The Morgan fingerprint density at radius 3 is 2.28 bits per heavy atom. The lowest BCUT2D eigenvalue weighted by molar-refractivity contribution is -0.138. The van der Waals surface area contributed by atoms with E-state index in [1.165, 1.54) is 11.3 Å². The van der Waals surface area contributed by atoms with E-state index < -0.39 is 12.0 Å². The molecule has 0 spiro atoms. The van der Waals surface area contributed by atoms with Crippen molar-refractivity contribution in [1.29, 1.82) is 0 Å². The van der Waals surface area contributed by atoms with Crippen molar-refractivity contribution < 1.29 is 23.7 Å². The maximum Gasteiger partial charge on any atom is 0.338 e. The number of thiazole rings is 1. The van der Waals surface area contributed by atoms with Crippen LogP contribution < -0.4 is 29.1 Å². The van der Waals surface area contributed by atoms with Crippen molar-refractivity contribution in [1.82, 2.24) is 4.57 Å². The third-order valence-corrected chi connectivity index (χ3v) is 8.51. The molecule has 0 unspecified atom stereocenters. The topological polar surface area (TPSA) is 88.4 Å². The molecule has 46 heavy (non-hydrogen) atoms. The smallest absolute Gasteiger partial charge is 0.338 e. The van der Waals surface area contributed by atoms with Crippen molar-refractivity contribution in [2.45, 2.75) is 19.6 Å². The fourth-order valence-electron chi connectivity index (χ4n) is 5.32. The molecule has 0 N–H and O–H groups in total. The van der Waals surface area contributed by atoms with Crippen molar-refractivity contribution in [2.24, 2.45) is 4.99 Å². The predicted molar refractivity (Wildman–Crippen MR) is 178 cm³/mol. The van der Waals surface area contributed by atoms with Gasteiger partial charge in [0.15, 0.2) is 16.3 Å². The van der Waals surface area contributed by atoms with Gasteiger partial charge in [-0.3, -0.25) is 9.36 Å². The second-order valence-corrected chi connectivity index (χ2v) is 11.4. The minimum atomic E-state index is -0.776. The lowest BCUT2D eigenvalue weighted by Gasteiger charge is -2.26. The molecule has 0 saturated heterocycles. The van der Waals surface area contributed by atoms with Crippen molar-refractivity contribution in [3.05, 3.63) is 151 Å². The molecule has 2 heterocycles. The molecule has 0 radical (unpaired) electrons. The summed E-state index contributed by atoms with van der Waals surface area (Å²) >= 11 is 1.26. The number of esters is 1. The number of hydrogen-bond donors (Lipinski definition) is 0. The molecule has 0 bridgehead atoms. The highest BCUT2D eigenvalue weighted by atomic mass is 32.1. The van der Waals surface area contributed by atoms with Crippen LogP contribution in [0.3, 0.4) is 0 Å². The Hall–Kier alpha value is -5.41. The highest BCUT2D eigenvalue weighted by Crippen LogP contribution is 2.36. The van der Waals surface area contributed by atoms with Gasteiger partial charge < -0.3 is 18.9 Å². The number of rotatable bonds is 10. The quantitative estimate of drug-likeness (QED) is 0.188. The molecule has 232 valence electrons. The van der Waals surface area contributed by atoms with Crippen LogP contribution in [0.2, 0.25) is 0 Å². The second-order valence-electron chi connectivity index (χ2n) is 10.4. The standard InChI is InChI=1S/C37H32N2O6S/c1-4-44-36(41)32-33(26-13-9-6-10-14-26)38-37-39(34(32)27-16-18-28(42-2)19-17-27)35(40)31(46-37)22-25-15-20-29(30(21-25)43-3)45-23-24-11-7-5-8-12-24/h5-22,34H,4,23H2,1-3H3/b31-22-/t34-/m1/s1. The maximum absolute atomic E-state index is 14.2. The van der Waals surface area contributed by atoms with Crippen LogP contribution in [-0.4, -0.2) is 31.4 Å². The molecular weight excluding hydrogens is 600 g/mol. The summed E-state index contributed by atoms with van der Waals surface area (Å²) in [5.74, 6) is 1.27. The molecular formula is C37H32N2O6S. The van der Waals surface area contributed by atoms with E-state index in [9.17, 15) is 9.59 Å². The zero-order valence-corrected chi connectivity index (χ0v) is 26.5. The summed E-state index contributed by atoms with van der Waals surface area (Å²) in [6.45, 7) is 2.33. The SMILES string of the molecule is CCOC(=O)C1=C(c2ccccc2)N=c2s/c(=C\c3ccc(OCc4ccccc4)c(OC)c3)c(=O)n2[C@@H]1c1ccc(OC)cc1. The minimum absolute atomic E-state index is 0.178. The van der Waals surface area contributed by atoms with Gasteiger partial charge in [-0.05, 0) is 54.0 Å². The number of ether oxygens (including phenoxy) is 4. The monoisotopic (exact) mass is 632 g/mol. The number of carbonyl (C=O) groups excluding carboxylic acids is 1. The van der Waals surface area contributed by atoms with Gasteiger partial charge in [0, 0.05) is 5.56 Å². The molecule has 1 aliphatic heterocycles. The van der Waals surface area contributed by atoms with E-state index in [-0.39, 0.29) is 12.2 Å². The van der Waals surface area contributed by atoms with Crippen LogP contribution in [0.25, 0.3) is 11.8 Å². The van der Waals surface area contributed by atoms with Crippen molar-refractivity contribution in [2.75, 3.05) is 20.8 Å². The van der Waals surface area contributed by atoms with Gasteiger partial charge in [0.25, 0.3) is 5.56 Å². The first-order chi connectivity index (χ1) is 22.5. The number of carbonyl (C=O) groups is 1. The number of aromatic nitrogens is 1. The highest BCUT2D eigenvalue weighted by molar-refractivity contribution is 7.07. The lowest BCUT2D eigenvalue weighted by Crippen LogP contribution is -2.40. The van der Waals surface area contributed by atoms with Gasteiger partial charge in [-0.15, -0.1) is 0 Å². The molecule has 0 aliphatic carbocycles. The van der Waals surface area contributed by atoms with Gasteiger partial charge in [-0.1, -0.05) is 90.2 Å². The molecule has 6 rings (SSSR count). The van der Waals surface area contributed by atoms with E-state index in [1.807, 2.05) is 103 Å². The minimum Gasteiger partial charge on any atom is -0.497 e. The third-order valence-electron chi connectivity index (χ3n) is 7.53. The van der Waals surface area contributed by atoms with Crippen LogP contribution >= 0.6 is 11.3 Å². The van der Waals surface area contributed by atoms with E-state index in [1.54, 1.807) is 31.8 Å². The lowest BCUT2D eigenvalue weighted by atomic mass is 9.93. The molecule has 0 fully saturated rings. The Bertz CT molecular complexity index is 2070. The summed E-state index contributed by atoms with van der Waals surface area (Å²) in [5.41, 5.74) is 3.75. The summed E-state index contributed by atoms with van der Waals surface area (Å²) in [6.07, 6.45) is 1.80. The van der Waals surface area contributed by atoms with E-state index in [0.29, 0.717) is 44.5 Å². The Morgan fingerprint density at radius 2 is 1.61 bits per heavy atom. The molecule has 1 aromatic heterocycles. The Kier molecular flexibility index (Phi) is 9.12. The summed E-state index contributed by atoms with van der Waals surface area (Å²) in [7, 11) is 3.17. The number of hydrogen-bond acceptors (Lipinski definition) is 8. The Morgan fingerprint density at radius 1 is 0.891 bits per heavy atom. The second kappa shape index (κ2) is 13.7. The third kappa shape index (κ3) is 6.23. The number of methoxy groups -OCH3 is 2. The number of benzene rings is 4. The van der Waals surface area contributed by atoms with Gasteiger partial charge >= 0.3 is 5.97 Å². The molecule has 0 saturated carbocycles. The zero-order valence-electron chi connectivity index (χ0n) is 25.6. The normalized spacial score (nSPS) is 14.3. The zero-order chi connectivity index (χ0) is 32.0. The molecule has 9 heteroatoms. The van der Waals surface area contributed by atoms with E-state index in [0.717, 1.165) is 22.3 Å². The van der Waals surface area contributed by atoms with Crippen molar-refractivity contribution in [3.8, 4) is 17.2 Å². The summed E-state index contributed by atoms with van der Waals surface area (Å²) < 4.78 is 24.6. The summed E-state index contributed by atoms with van der Waals surface area (Å²) in [4.78, 5) is 33.2. The molecule has 1 aliphatic rings. The molecule has 4 aromatic carbocycles. The fourth-order valence-corrected chi connectivity index (χ4v) is 6.32. The van der Waals surface area contributed by atoms with Crippen LogP contribution in [0.4, 0.5) is 0 Å². The van der Waals surface area contributed by atoms with Crippen LogP contribution in [-0.2, 0) is 16.1 Å². The van der Waals surface area contributed by atoms with Crippen molar-refractivity contribution in [3.63, 3.8) is 0 Å². The number of fused-ring (bicyclic) bond motifs is 1.